The number of rotatable bonds is 3. The standard InChI is InChI=1S/C21H33NO4/c1-22(19-5-3-2-4-6-19)17-18-7-9-20-21(10-8-18)26-16-14-24-12-11-23-13-15-25-20/h7-10,18-19H,2-6,11-17H2,1H3. The van der Waals surface area contributed by atoms with Gasteiger partial charge in [-0.3, -0.25) is 0 Å². The molecule has 0 aromatic rings. The molecule has 0 amide bonds. The van der Waals surface area contributed by atoms with E-state index in [-0.39, 0.29) is 0 Å². The summed E-state index contributed by atoms with van der Waals surface area (Å²) in [6, 6.07) is 0.726. The van der Waals surface area contributed by atoms with Crippen LogP contribution < -0.4 is 0 Å². The average molecular weight is 363 g/mol. The van der Waals surface area contributed by atoms with Gasteiger partial charge in [-0.1, -0.05) is 31.4 Å². The van der Waals surface area contributed by atoms with Crippen molar-refractivity contribution >= 4 is 0 Å². The lowest BCUT2D eigenvalue weighted by Crippen LogP contribution is -2.36. The third-order valence-electron chi connectivity index (χ3n) is 5.27. The van der Waals surface area contributed by atoms with Gasteiger partial charge in [-0.25, -0.2) is 0 Å². The zero-order valence-corrected chi connectivity index (χ0v) is 16.0. The summed E-state index contributed by atoms with van der Waals surface area (Å²) in [6.45, 7) is 4.39. The van der Waals surface area contributed by atoms with Gasteiger partial charge in [0.25, 0.3) is 0 Å². The van der Waals surface area contributed by atoms with E-state index in [0.717, 1.165) is 24.1 Å². The van der Waals surface area contributed by atoms with Crippen molar-refractivity contribution in [2.75, 3.05) is 53.2 Å². The van der Waals surface area contributed by atoms with E-state index in [2.05, 4.69) is 36.3 Å². The molecule has 146 valence electrons. The molecule has 0 bridgehead atoms. The molecule has 0 unspecified atom stereocenters. The monoisotopic (exact) mass is 363 g/mol. The average Bonchev–Trinajstić information content (AvgIpc) is 2.85. The number of hydrogen-bond donors (Lipinski definition) is 0. The summed E-state index contributed by atoms with van der Waals surface area (Å²) in [4.78, 5) is 2.52. The van der Waals surface area contributed by atoms with Gasteiger partial charge >= 0.3 is 0 Å². The Hall–Kier alpha value is -1.30. The molecule has 1 heterocycles. The highest BCUT2D eigenvalue weighted by Gasteiger charge is 2.20. The van der Waals surface area contributed by atoms with Gasteiger partial charge in [0.15, 0.2) is 11.5 Å². The molecule has 0 atom stereocenters. The van der Waals surface area contributed by atoms with Crippen molar-refractivity contribution in [1.82, 2.24) is 4.90 Å². The summed E-state index contributed by atoms with van der Waals surface area (Å²) in [5, 5.41) is 0. The van der Waals surface area contributed by atoms with Crippen molar-refractivity contribution in [2.24, 2.45) is 5.92 Å². The van der Waals surface area contributed by atoms with Crippen molar-refractivity contribution < 1.29 is 18.9 Å². The van der Waals surface area contributed by atoms with Crippen LogP contribution in [0, 0.1) is 5.92 Å². The Labute approximate surface area is 157 Å². The van der Waals surface area contributed by atoms with Gasteiger partial charge in [0.1, 0.15) is 13.2 Å². The Morgan fingerprint density at radius 1 is 0.808 bits per heavy atom. The normalized spacial score (nSPS) is 24.2. The number of hydrogen-bond acceptors (Lipinski definition) is 5. The first kappa shape index (κ1) is 19.5. The summed E-state index contributed by atoms with van der Waals surface area (Å²) in [5.74, 6) is 1.94. The Balaban J connectivity index is 1.59. The van der Waals surface area contributed by atoms with E-state index in [1.165, 1.54) is 32.1 Å². The van der Waals surface area contributed by atoms with Gasteiger partial charge in [-0.05, 0) is 32.0 Å². The molecule has 3 aliphatic rings. The minimum absolute atomic E-state index is 0.366. The second kappa shape index (κ2) is 10.8. The fraction of sp³-hybridized carbons (Fsp3) is 0.714. The van der Waals surface area contributed by atoms with Crippen molar-refractivity contribution in [2.45, 2.75) is 38.1 Å². The maximum Gasteiger partial charge on any atom is 0.160 e. The zero-order valence-electron chi connectivity index (χ0n) is 16.0. The van der Waals surface area contributed by atoms with Crippen LogP contribution >= 0.6 is 0 Å². The number of allylic oxidation sites excluding steroid dienone is 2. The third kappa shape index (κ3) is 6.15. The minimum Gasteiger partial charge on any atom is -0.487 e. The molecule has 0 radical (unpaired) electrons. The van der Waals surface area contributed by atoms with Crippen LogP contribution in [0.2, 0.25) is 0 Å². The van der Waals surface area contributed by atoms with Gasteiger partial charge in [0.05, 0.1) is 26.4 Å². The number of ether oxygens (including phenoxy) is 4. The Morgan fingerprint density at radius 2 is 1.35 bits per heavy atom. The molecule has 26 heavy (non-hydrogen) atoms. The molecule has 1 saturated carbocycles. The van der Waals surface area contributed by atoms with Crippen LogP contribution in [0.3, 0.4) is 0 Å². The first-order valence-corrected chi connectivity index (χ1v) is 10.0. The van der Waals surface area contributed by atoms with Crippen molar-refractivity contribution in [3.05, 3.63) is 35.8 Å². The first-order valence-electron chi connectivity index (χ1n) is 10.0. The summed E-state index contributed by atoms with van der Waals surface area (Å²) in [7, 11) is 2.26. The minimum atomic E-state index is 0.366. The van der Waals surface area contributed by atoms with Crippen LogP contribution in [0.4, 0.5) is 0 Å². The van der Waals surface area contributed by atoms with E-state index >= 15 is 0 Å². The molecule has 2 aliphatic carbocycles. The van der Waals surface area contributed by atoms with Crippen molar-refractivity contribution in [1.29, 1.82) is 0 Å². The van der Waals surface area contributed by atoms with E-state index in [1.54, 1.807) is 0 Å². The Morgan fingerprint density at radius 3 is 1.92 bits per heavy atom. The highest BCUT2D eigenvalue weighted by Crippen LogP contribution is 2.24. The molecule has 0 N–H and O–H groups in total. The molecule has 0 aromatic heterocycles. The van der Waals surface area contributed by atoms with Gasteiger partial charge in [0, 0.05) is 18.5 Å². The van der Waals surface area contributed by atoms with Crippen LogP contribution in [-0.2, 0) is 18.9 Å². The van der Waals surface area contributed by atoms with Crippen LogP contribution in [0.5, 0.6) is 0 Å². The van der Waals surface area contributed by atoms with Crippen LogP contribution in [0.15, 0.2) is 35.8 Å². The molecule has 3 rings (SSSR count). The van der Waals surface area contributed by atoms with Crippen LogP contribution in [-0.4, -0.2) is 64.2 Å². The SMILES string of the molecule is CN(CC1C=CC2=C(C=C1)OCCOCCOCCO2)C1CCCCC1. The lowest BCUT2D eigenvalue weighted by Gasteiger charge is -2.32. The van der Waals surface area contributed by atoms with E-state index in [4.69, 9.17) is 18.9 Å². The predicted molar refractivity (Wildman–Crippen MR) is 102 cm³/mol. The van der Waals surface area contributed by atoms with Crippen LogP contribution in [0.1, 0.15) is 32.1 Å². The maximum atomic E-state index is 5.91. The lowest BCUT2D eigenvalue weighted by atomic mass is 9.94. The van der Waals surface area contributed by atoms with E-state index in [9.17, 15) is 0 Å². The third-order valence-corrected chi connectivity index (χ3v) is 5.27. The smallest absolute Gasteiger partial charge is 0.160 e. The van der Waals surface area contributed by atoms with Crippen molar-refractivity contribution in [3.8, 4) is 0 Å². The molecule has 1 fully saturated rings. The summed E-state index contributed by atoms with van der Waals surface area (Å²) < 4.78 is 22.8. The predicted octanol–water partition coefficient (Wildman–Crippen LogP) is 3.28. The molecule has 0 saturated heterocycles. The molecule has 5 heteroatoms. The highest BCUT2D eigenvalue weighted by atomic mass is 16.6. The van der Waals surface area contributed by atoms with E-state index in [0.29, 0.717) is 45.6 Å². The second-order valence-corrected chi connectivity index (χ2v) is 7.26. The largest absolute Gasteiger partial charge is 0.487 e. The maximum absolute atomic E-state index is 5.91. The Kier molecular flexibility index (Phi) is 8.05. The van der Waals surface area contributed by atoms with Gasteiger partial charge in [0.2, 0.25) is 0 Å². The quantitative estimate of drug-likeness (QED) is 0.770. The van der Waals surface area contributed by atoms with E-state index in [1.807, 2.05) is 0 Å². The van der Waals surface area contributed by atoms with Crippen LogP contribution in [0.25, 0.3) is 0 Å². The highest BCUT2D eigenvalue weighted by molar-refractivity contribution is 5.30. The molecule has 0 aromatic carbocycles. The molecule has 1 aliphatic heterocycles. The second-order valence-electron chi connectivity index (χ2n) is 7.26. The topological polar surface area (TPSA) is 40.2 Å². The summed E-state index contributed by atoms with van der Waals surface area (Å²) in [6.07, 6.45) is 15.4. The lowest BCUT2D eigenvalue weighted by molar-refractivity contribution is 0.00539. The summed E-state index contributed by atoms with van der Waals surface area (Å²) in [5.41, 5.74) is 0. The Bertz CT molecular complexity index is 476. The molecule has 0 spiro atoms. The molecular weight excluding hydrogens is 330 g/mol. The van der Waals surface area contributed by atoms with Gasteiger partial charge in [-0.2, -0.15) is 0 Å². The first-order chi connectivity index (χ1) is 12.8. The van der Waals surface area contributed by atoms with Crippen molar-refractivity contribution in [3.63, 3.8) is 0 Å². The number of nitrogens with zero attached hydrogens (tertiary/aromatic N) is 1. The van der Waals surface area contributed by atoms with Gasteiger partial charge in [-0.15, -0.1) is 0 Å². The summed E-state index contributed by atoms with van der Waals surface area (Å²) >= 11 is 0. The van der Waals surface area contributed by atoms with E-state index < -0.39 is 0 Å². The fourth-order valence-corrected chi connectivity index (χ4v) is 3.76. The molecule has 5 nitrogen and oxygen atoms in total. The zero-order chi connectivity index (χ0) is 18.0. The molecular formula is C21H33NO4. The fourth-order valence-electron chi connectivity index (χ4n) is 3.76. The van der Waals surface area contributed by atoms with Gasteiger partial charge < -0.3 is 23.8 Å².